The standard InChI is InChI=1S/C8H12BNO3/c1-6-10-4-7(12-6)9-11-5-8(2,3)13-9/h4H,5H2,1-3H3. The Kier molecular flexibility index (Phi) is 1.93. The van der Waals surface area contributed by atoms with Gasteiger partial charge >= 0.3 is 7.12 Å². The minimum atomic E-state index is -0.392. The Morgan fingerprint density at radius 3 is 2.77 bits per heavy atom. The summed E-state index contributed by atoms with van der Waals surface area (Å²) in [4.78, 5) is 3.98. The van der Waals surface area contributed by atoms with Gasteiger partial charge in [0.25, 0.3) is 0 Å². The van der Waals surface area contributed by atoms with Crippen LogP contribution in [0.5, 0.6) is 0 Å². The van der Waals surface area contributed by atoms with E-state index in [9.17, 15) is 0 Å². The van der Waals surface area contributed by atoms with E-state index in [-0.39, 0.29) is 5.60 Å². The van der Waals surface area contributed by atoms with E-state index in [1.807, 2.05) is 13.8 Å². The SMILES string of the molecule is Cc1ncc(B2OCC(C)(C)O2)o1. The Bertz CT molecular complexity index is 310. The van der Waals surface area contributed by atoms with E-state index in [1.54, 1.807) is 13.1 Å². The van der Waals surface area contributed by atoms with Crippen molar-refractivity contribution in [1.29, 1.82) is 0 Å². The summed E-state index contributed by atoms with van der Waals surface area (Å²) in [7, 11) is -0.392. The molecule has 4 nitrogen and oxygen atoms in total. The second-order valence-corrected chi connectivity index (χ2v) is 3.80. The van der Waals surface area contributed by atoms with Crippen molar-refractivity contribution in [2.45, 2.75) is 26.4 Å². The first-order valence-electron chi connectivity index (χ1n) is 4.29. The highest BCUT2D eigenvalue weighted by Crippen LogP contribution is 2.19. The summed E-state index contributed by atoms with van der Waals surface area (Å²) in [5.74, 6) is 0.631. The molecule has 0 bridgehead atoms. The molecule has 13 heavy (non-hydrogen) atoms. The maximum atomic E-state index is 5.59. The largest absolute Gasteiger partial charge is 0.534 e. The van der Waals surface area contributed by atoms with Gasteiger partial charge < -0.3 is 13.7 Å². The van der Waals surface area contributed by atoms with E-state index in [4.69, 9.17) is 13.7 Å². The van der Waals surface area contributed by atoms with Crippen LogP contribution in [0.2, 0.25) is 0 Å². The number of rotatable bonds is 1. The molecule has 0 radical (unpaired) electrons. The smallest absolute Gasteiger partial charge is 0.450 e. The van der Waals surface area contributed by atoms with E-state index < -0.39 is 7.12 Å². The fourth-order valence-corrected chi connectivity index (χ4v) is 1.26. The predicted octanol–water partition coefficient (Wildman–Crippen LogP) is 0.504. The molecule has 1 aromatic heterocycles. The lowest BCUT2D eigenvalue weighted by Gasteiger charge is -2.14. The minimum absolute atomic E-state index is 0.231. The van der Waals surface area contributed by atoms with E-state index in [1.165, 1.54) is 0 Å². The van der Waals surface area contributed by atoms with Crippen LogP contribution in [0.4, 0.5) is 0 Å². The first-order chi connectivity index (χ1) is 6.07. The average molecular weight is 181 g/mol. The van der Waals surface area contributed by atoms with Crippen LogP contribution < -0.4 is 5.66 Å². The molecule has 0 aromatic carbocycles. The van der Waals surface area contributed by atoms with Crippen LogP contribution in [0.25, 0.3) is 0 Å². The van der Waals surface area contributed by atoms with Gasteiger partial charge in [-0.05, 0) is 13.8 Å². The Morgan fingerprint density at radius 1 is 1.54 bits per heavy atom. The Hall–Kier alpha value is -0.805. The third-order valence-corrected chi connectivity index (χ3v) is 1.88. The molecule has 1 aliphatic rings. The van der Waals surface area contributed by atoms with E-state index in [0.717, 1.165) is 0 Å². The second-order valence-electron chi connectivity index (χ2n) is 3.80. The molecule has 0 N–H and O–H groups in total. The van der Waals surface area contributed by atoms with Gasteiger partial charge in [0.1, 0.15) is 0 Å². The monoisotopic (exact) mass is 181 g/mol. The molecule has 2 rings (SSSR count). The summed E-state index contributed by atoms with van der Waals surface area (Å²) in [6, 6.07) is 0. The molecular weight excluding hydrogens is 169 g/mol. The average Bonchev–Trinajstić information content (AvgIpc) is 2.56. The van der Waals surface area contributed by atoms with Gasteiger partial charge in [-0.3, -0.25) is 0 Å². The normalized spacial score (nSPS) is 21.0. The molecule has 0 amide bonds. The van der Waals surface area contributed by atoms with Crippen LogP contribution in [0.1, 0.15) is 19.7 Å². The molecule has 1 saturated heterocycles. The quantitative estimate of drug-likeness (QED) is 0.592. The highest BCUT2D eigenvalue weighted by atomic mass is 16.7. The van der Waals surface area contributed by atoms with Crippen LogP contribution in [0, 0.1) is 6.92 Å². The molecule has 0 saturated carbocycles. The predicted molar refractivity (Wildman–Crippen MR) is 47.7 cm³/mol. The fraction of sp³-hybridized carbons (Fsp3) is 0.625. The van der Waals surface area contributed by atoms with E-state index >= 15 is 0 Å². The van der Waals surface area contributed by atoms with Gasteiger partial charge in [0, 0.05) is 6.92 Å². The van der Waals surface area contributed by atoms with Gasteiger partial charge in [-0.25, -0.2) is 4.98 Å². The van der Waals surface area contributed by atoms with Gasteiger partial charge in [0.15, 0.2) is 11.6 Å². The zero-order valence-corrected chi connectivity index (χ0v) is 8.03. The van der Waals surface area contributed by atoms with Crippen molar-refractivity contribution in [3.05, 3.63) is 12.1 Å². The van der Waals surface area contributed by atoms with Crippen molar-refractivity contribution in [3.8, 4) is 0 Å². The molecule has 0 spiro atoms. The Balaban J connectivity index is 2.12. The molecule has 1 aliphatic heterocycles. The third-order valence-electron chi connectivity index (χ3n) is 1.88. The van der Waals surface area contributed by atoms with Gasteiger partial charge in [0.2, 0.25) is 0 Å². The lowest BCUT2D eigenvalue weighted by atomic mass is 9.87. The summed E-state index contributed by atoms with van der Waals surface area (Å²) in [6.45, 7) is 6.34. The third kappa shape index (κ3) is 1.76. The summed E-state index contributed by atoms with van der Waals surface area (Å²) in [5.41, 5.74) is 0.411. The lowest BCUT2D eigenvalue weighted by molar-refractivity contribution is 0.136. The maximum absolute atomic E-state index is 5.59. The molecule has 0 atom stereocenters. The Labute approximate surface area is 77.4 Å². The summed E-state index contributed by atoms with van der Waals surface area (Å²) in [6.07, 6.45) is 1.64. The number of hydrogen-bond donors (Lipinski definition) is 0. The minimum Gasteiger partial charge on any atom is -0.450 e. The van der Waals surface area contributed by atoms with Crippen molar-refractivity contribution in [2.24, 2.45) is 0 Å². The van der Waals surface area contributed by atoms with Gasteiger partial charge in [-0.2, -0.15) is 0 Å². The maximum Gasteiger partial charge on any atom is 0.534 e. The van der Waals surface area contributed by atoms with Crippen molar-refractivity contribution in [3.63, 3.8) is 0 Å². The van der Waals surface area contributed by atoms with Crippen LogP contribution in [-0.4, -0.2) is 24.3 Å². The zero-order valence-electron chi connectivity index (χ0n) is 8.03. The highest BCUT2D eigenvalue weighted by Gasteiger charge is 2.40. The summed E-state index contributed by atoms with van der Waals surface area (Å²) >= 11 is 0. The van der Waals surface area contributed by atoms with Gasteiger partial charge in [0.05, 0.1) is 18.4 Å². The molecule has 0 aliphatic carbocycles. The molecule has 0 unspecified atom stereocenters. The van der Waals surface area contributed by atoms with Crippen molar-refractivity contribution in [1.82, 2.24) is 4.98 Å². The topological polar surface area (TPSA) is 44.5 Å². The summed E-state index contributed by atoms with van der Waals surface area (Å²) < 4.78 is 16.3. The Morgan fingerprint density at radius 2 is 2.31 bits per heavy atom. The van der Waals surface area contributed by atoms with Crippen LogP contribution in [0.3, 0.4) is 0 Å². The highest BCUT2D eigenvalue weighted by molar-refractivity contribution is 6.60. The number of aryl methyl sites for hydroxylation is 1. The number of oxazole rings is 1. The van der Waals surface area contributed by atoms with E-state index in [0.29, 0.717) is 18.2 Å². The van der Waals surface area contributed by atoms with Crippen LogP contribution in [0.15, 0.2) is 10.6 Å². The lowest BCUT2D eigenvalue weighted by Crippen LogP contribution is -2.33. The zero-order chi connectivity index (χ0) is 9.47. The summed E-state index contributed by atoms with van der Waals surface area (Å²) in [5, 5.41) is 0. The van der Waals surface area contributed by atoms with Crippen molar-refractivity contribution in [2.75, 3.05) is 6.61 Å². The molecule has 1 aromatic rings. The first-order valence-corrected chi connectivity index (χ1v) is 4.29. The van der Waals surface area contributed by atoms with Crippen LogP contribution in [-0.2, 0) is 9.31 Å². The molecule has 70 valence electrons. The molecule has 5 heteroatoms. The number of hydrogen-bond acceptors (Lipinski definition) is 4. The van der Waals surface area contributed by atoms with Gasteiger partial charge in [-0.15, -0.1) is 0 Å². The number of aromatic nitrogens is 1. The van der Waals surface area contributed by atoms with Gasteiger partial charge in [-0.1, -0.05) is 0 Å². The number of nitrogens with zero attached hydrogens (tertiary/aromatic N) is 1. The van der Waals surface area contributed by atoms with Crippen LogP contribution >= 0.6 is 0 Å². The fourth-order valence-electron chi connectivity index (χ4n) is 1.26. The molecule has 1 fully saturated rings. The van der Waals surface area contributed by atoms with Crippen molar-refractivity contribution >= 4 is 12.8 Å². The first kappa shape index (κ1) is 8.78. The molecule has 2 heterocycles. The van der Waals surface area contributed by atoms with Crippen molar-refractivity contribution < 1.29 is 13.7 Å². The molecular formula is C8H12BNO3. The van der Waals surface area contributed by atoms with E-state index in [2.05, 4.69) is 4.98 Å². The second kappa shape index (κ2) is 2.85.